The molecule has 0 aliphatic heterocycles. The molecule has 2 aromatic rings. The van der Waals surface area contributed by atoms with Crippen molar-refractivity contribution in [3.05, 3.63) is 70.2 Å². The smallest absolute Gasteiger partial charge is 0.251 e. The van der Waals surface area contributed by atoms with E-state index in [1.165, 1.54) is 0 Å². The lowest BCUT2D eigenvalue weighted by atomic mass is 10.1. The largest absolute Gasteiger partial charge is 0.352 e. The van der Waals surface area contributed by atoms with Crippen LogP contribution in [0.3, 0.4) is 0 Å². The van der Waals surface area contributed by atoms with Crippen LogP contribution in [0.2, 0.25) is 5.02 Å². The maximum atomic E-state index is 11.9. The molecule has 0 aliphatic rings. The molecular formula is C19H24ClIN4O. The molecule has 2 aromatic carbocycles. The molecule has 0 spiro atoms. The Kier molecular flexibility index (Phi) is 10.0. The van der Waals surface area contributed by atoms with Crippen LogP contribution in [0.15, 0.2) is 53.5 Å². The average Bonchev–Trinajstić information content (AvgIpc) is 2.62. The zero-order chi connectivity index (χ0) is 18.1. The van der Waals surface area contributed by atoms with Gasteiger partial charge in [0.15, 0.2) is 5.96 Å². The van der Waals surface area contributed by atoms with Gasteiger partial charge in [-0.25, -0.2) is 0 Å². The summed E-state index contributed by atoms with van der Waals surface area (Å²) in [6.07, 6.45) is 0. The van der Waals surface area contributed by atoms with E-state index in [0.29, 0.717) is 36.2 Å². The number of amides is 1. The second-order valence-corrected chi connectivity index (χ2v) is 5.91. The van der Waals surface area contributed by atoms with Crippen molar-refractivity contribution in [2.45, 2.75) is 20.0 Å². The van der Waals surface area contributed by atoms with E-state index in [-0.39, 0.29) is 29.9 Å². The van der Waals surface area contributed by atoms with Gasteiger partial charge in [0.25, 0.3) is 5.91 Å². The van der Waals surface area contributed by atoms with E-state index in [1.807, 2.05) is 49.4 Å². The Balaban J connectivity index is 0.00000338. The first kappa shape index (κ1) is 22.2. The topological polar surface area (TPSA) is 65.5 Å². The molecule has 0 aliphatic carbocycles. The van der Waals surface area contributed by atoms with Crippen LogP contribution in [0.5, 0.6) is 0 Å². The maximum absolute atomic E-state index is 11.9. The number of aliphatic imine (C=N–C) groups is 1. The summed E-state index contributed by atoms with van der Waals surface area (Å²) in [6, 6.07) is 15.2. The van der Waals surface area contributed by atoms with Gasteiger partial charge in [0.05, 0.1) is 0 Å². The Hall–Kier alpha value is -1.80. The van der Waals surface area contributed by atoms with Gasteiger partial charge in [0.1, 0.15) is 0 Å². The van der Waals surface area contributed by atoms with Crippen LogP contribution in [-0.4, -0.2) is 25.5 Å². The third-order valence-electron chi connectivity index (χ3n) is 3.56. The number of benzene rings is 2. The number of carbonyl (C=O) groups excluding carboxylic acids is 1. The molecular weight excluding hydrogens is 463 g/mol. The number of carbonyl (C=O) groups is 1. The summed E-state index contributed by atoms with van der Waals surface area (Å²) >= 11 is 5.99. The first-order valence-electron chi connectivity index (χ1n) is 8.18. The molecule has 0 bridgehead atoms. The number of nitrogens with zero attached hydrogens (tertiary/aromatic N) is 1. The van der Waals surface area contributed by atoms with Crippen molar-refractivity contribution in [2.24, 2.45) is 4.99 Å². The van der Waals surface area contributed by atoms with E-state index in [0.717, 1.165) is 11.1 Å². The van der Waals surface area contributed by atoms with Gasteiger partial charge >= 0.3 is 0 Å². The van der Waals surface area contributed by atoms with Crippen molar-refractivity contribution in [3.63, 3.8) is 0 Å². The molecule has 0 heterocycles. The molecule has 140 valence electrons. The maximum Gasteiger partial charge on any atom is 0.251 e. The van der Waals surface area contributed by atoms with Crippen molar-refractivity contribution in [1.82, 2.24) is 16.0 Å². The Bertz CT molecular complexity index is 752. The van der Waals surface area contributed by atoms with Gasteiger partial charge in [-0.2, -0.15) is 0 Å². The highest BCUT2D eigenvalue weighted by Crippen LogP contribution is 2.10. The minimum absolute atomic E-state index is 0. The van der Waals surface area contributed by atoms with Crippen LogP contribution in [0.4, 0.5) is 0 Å². The first-order valence-corrected chi connectivity index (χ1v) is 8.56. The van der Waals surface area contributed by atoms with E-state index in [4.69, 9.17) is 11.6 Å². The van der Waals surface area contributed by atoms with Crippen LogP contribution in [-0.2, 0) is 13.1 Å². The summed E-state index contributed by atoms with van der Waals surface area (Å²) in [7, 11) is 1.72. The van der Waals surface area contributed by atoms with Crippen LogP contribution in [0, 0.1) is 0 Å². The molecule has 0 saturated carbocycles. The summed E-state index contributed by atoms with van der Waals surface area (Å²) in [5.41, 5.74) is 2.74. The summed E-state index contributed by atoms with van der Waals surface area (Å²) in [5.74, 6) is 0.621. The number of nitrogens with one attached hydrogen (secondary N) is 3. The molecule has 1 amide bonds. The van der Waals surface area contributed by atoms with Crippen LogP contribution in [0.25, 0.3) is 0 Å². The number of halogens is 2. The Labute approximate surface area is 176 Å². The second-order valence-electron chi connectivity index (χ2n) is 5.47. The van der Waals surface area contributed by atoms with E-state index in [1.54, 1.807) is 13.1 Å². The van der Waals surface area contributed by atoms with Crippen molar-refractivity contribution in [1.29, 1.82) is 0 Å². The molecule has 5 nitrogen and oxygen atoms in total. The number of guanidine groups is 1. The van der Waals surface area contributed by atoms with Gasteiger partial charge in [0.2, 0.25) is 0 Å². The standard InChI is InChI=1S/C19H23ClN4O.HI/c1-3-22-18(25)16-8-4-6-14(10-16)12-23-19(21-2)24-13-15-7-5-9-17(20)11-15;/h4-11H,3,12-13H2,1-2H3,(H,22,25)(H2,21,23,24);1H. The SMILES string of the molecule is CCNC(=O)c1cccc(CNC(=NC)NCc2cccc(Cl)c2)c1.I. The second kappa shape index (κ2) is 11.7. The fraction of sp³-hybridized carbons (Fsp3) is 0.263. The minimum atomic E-state index is -0.0622. The molecule has 3 N–H and O–H groups in total. The van der Waals surface area contributed by atoms with Crippen LogP contribution < -0.4 is 16.0 Å². The van der Waals surface area contributed by atoms with Crippen molar-refractivity contribution in [3.8, 4) is 0 Å². The molecule has 0 fully saturated rings. The van der Waals surface area contributed by atoms with E-state index < -0.39 is 0 Å². The van der Waals surface area contributed by atoms with Crippen molar-refractivity contribution in [2.75, 3.05) is 13.6 Å². The fourth-order valence-electron chi connectivity index (χ4n) is 2.32. The van der Waals surface area contributed by atoms with E-state index in [9.17, 15) is 4.79 Å². The highest BCUT2D eigenvalue weighted by atomic mass is 127. The molecule has 0 radical (unpaired) electrons. The average molecular weight is 487 g/mol. The Morgan fingerprint density at radius 1 is 1.00 bits per heavy atom. The van der Waals surface area contributed by atoms with Gasteiger partial charge in [-0.3, -0.25) is 9.79 Å². The van der Waals surface area contributed by atoms with Crippen molar-refractivity contribution < 1.29 is 4.79 Å². The lowest BCUT2D eigenvalue weighted by Gasteiger charge is -2.13. The van der Waals surface area contributed by atoms with Gasteiger partial charge in [-0.05, 0) is 42.3 Å². The molecule has 2 rings (SSSR count). The Morgan fingerprint density at radius 3 is 2.19 bits per heavy atom. The number of hydrogen-bond acceptors (Lipinski definition) is 2. The van der Waals surface area contributed by atoms with E-state index in [2.05, 4.69) is 20.9 Å². The predicted octanol–water partition coefficient (Wildman–Crippen LogP) is 3.57. The van der Waals surface area contributed by atoms with Gasteiger partial charge in [0, 0.05) is 37.3 Å². The van der Waals surface area contributed by atoms with Gasteiger partial charge in [-0.1, -0.05) is 35.9 Å². The highest BCUT2D eigenvalue weighted by Gasteiger charge is 2.05. The van der Waals surface area contributed by atoms with Gasteiger partial charge in [-0.15, -0.1) is 24.0 Å². The van der Waals surface area contributed by atoms with E-state index >= 15 is 0 Å². The number of hydrogen-bond donors (Lipinski definition) is 3. The summed E-state index contributed by atoms with van der Waals surface area (Å²) < 4.78 is 0. The molecule has 0 aromatic heterocycles. The highest BCUT2D eigenvalue weighted by molar-refractivity contribution is 14.0. The quantitative estimate of drug-likeness (QED) is 0.332. The third kappa shape index (κ3) is 7.21. The van der Waals surface area contributed by atoms with Crippen molar-refractivity contribution >= 4 is 47.4 Å². The monoisotopic (exact) mass is 486 g/mol. The third-order valence-corrected chi connectivity index (χ3v) is 3.79. The minimum Gasteiger partial charge on any atom is -0.352 e. The molecule has 0 unspecified atom stereocenters. The molecule has 0 atom stereocenters. The molecule has 7 heteroatoms. The van der Waals surface area contributed by atoms with Crippen LogP contribution >= 0.6 is 35.6 Å². The predicted molar refractivity (Wildman–Crippen MR) is 118 cm³/mol. The fourth-order valence-corrected chi connectivity index (χ4v) is 2.54. The number of rotatable bonds is 6. The molecule has 26 heavy (non-hydrogen) atoms. The lowest BCUT2D eigenvalue weighted by Crippen LogP contribution is -2.36. The summed E-state index contributed by atoms with van der Waals surface area (Å²) in [5, 5.41) is 10.00. The zero-order valence-electron chi connectivity index (χ0n) is 14.9. The lowest BCUT2D eigenvalue weighted by molar-refractivity contribution is 0.0955. The zero-order valence-corrected chi connectivity index (χ0v) is 18.0. The Morgan fingerprint density at radius 2 is 1.62 bits per heavy atom. The normalized spacial score (nSPS) is 10.7. The first-order chi connectivity index (χ1) is 12.1. The molecule has 0 saturated heterocycles. The summed E-state index contributed by atoms with van der Waals surface area (Å²) in [4.78, 5) is 16.1. The summed E-state index contributed by atoms with van der Waals surface area (Å²) in [6.45, 7) is 3.71. The van der Waals surface area contributed by atoms with Gasteiger partial charge < -0.3 is 16.0 Å². The van der Waals surface area contributed by atoms with Crippen LogP contribution in [0.1, 0.15) is 28.4 Å².